The molecule has 0 aliphatic carbocycles. The molecule has 1 N–H and O–H groups in total. The number of carbonyl (C=O) groups excluding carboxylic acids is 2. The van der Waals surface area contributed by atoms with Crippen LogP contribution in [0.2, 0.25) is 0 Å². The van der Waals surface area contributed by atoms with Crippen molar-refractivity contribution in [3.05, 3.63) is 48.3 Å². The Hall–Kier alpha value is -3.42. The fourth-order valence-corrected chi connectivity index (χ4v) is 2.52. The molecule has 8 nitrogen and oxygen atoms in total. The molecule has 1 amide bonds. The first kappa shape index (κ1) is 18.4. The first-order valence-electron chi connectivity index (χ1n) is 8.42. The van der Waals surface area contributed by atoms with Gasteiger partial charge in [-0.2, -0.15) is 5.10 Å². The Kier molecular flexibility index (Phi) is 5.35. The zero-order valence-electron chi connectivity index (χ0n) is 15.3. The largest absolute Gasteiger partial charge is 0.497 e. The van der Waals surface area contributed by atoms with Crippen LogP contribution in [-0.2, 0) is 9.53 Å². The van der Waals surface area contributed by atoms with Crippen LogP contribution in [0.25, 0.3) is 11.0 Å². The molecule has 3 rings (SSSR count). The number of fused-ring (bicyclic) bond motifs is 1. The number of hydrogen-bond donors (Lipinski definition) is 1. The zero-order chi connectivity index (χ0) is 19.4. The Bertz CT molecular complexity index is 964. The molecule has 8 heteroatoms. The first-order valence-corrected chi connectivity index (χ1v) is 8.42. The van der Waals surface area contributed by atoms with Crippen molar-refractivity contribution in [1.82, 2.24) is 14.8 Å². The number of anilines is 1. The number of aromatic nitrogens is 3. The van der Waals surface area contributed by atoms with Crippen LogP contribution in [-0.4, -0.2) is 40.4 Å². The van der Waals surface area contributed by atoms with Gasteiger partial charge >= 0.3 is 5.97 Å². The number of nitrogens with zero attached hydrogens (tertiary/aromatic N) is 3. The molecular formula is C19H20N4O4. The average Bonchev–Trinajstić information content (AvgIpc) is 3.10. The smallest absolute Gasteiger partial charge is 0.340 e. The third kappa shape index (κ3) is 4.22. The lowest BCUT2D eigenvalue weighted by molar-refractivity contribution is -0.119. The molecule has 0 saturated heterocycles. The number of pyridine rings is 1. The third-order valence-electron chi connectivity index (χ3n) is 3.87. The van der Waals surface area contributed by atoms with Crippen molar-refractivity contribution >= 4 is 28.6 Å². The maximum Gasteiger partial charge on any atom is 0.340 e. The van der Waals surface area contributed by atoms with Gasteiger partial charge in [0, 0.05) is 23.3 Å². The van der Waals surface area contributed by atoms with Gasteiger partial charge in [0.15, 0.2) is 12.3 Å². The summed E-state index contributed by atoms with van der Waals surface area (Å²) in [6.45, 7) is 3.60. The maximum atomic E-state index is 12.2. The van der Waals surface area contributed by atoms with Crippen LogP contribution in [0.3, 0.4) is 0 Å². The lowest BCUT2D eigenvalue weighted by Gasteiger charge is -2.08. The SMILES string of the molecule is COc1ccc(NC(=O)COC(=O)c2cnc3c(cnn3C(C)C)c2)cc1. The summed E-state index contributed by atoms with van der Waals surface area (Å²) in [6.07, 6.45) is 3.07. The van der Waals surface area contributed by atoms with E-state index in [1.807, 2.05) is 13.8 Å². The lowest BCUT2D eigenvalue weighted by Crippen LogP contribution is -2.21. The van der Waals surface area contributed by atoms with Crippen molar-refractivity contribution in [2.24, 2.45) is 0 Å². The third-order valence-corrected chi connectivity index (χ3v) is 3.87. The second-order valence-corrected chi connectivity index (χ2v) is 6.17. The average molecular weight is 368 g/mol. The monoisotopic (exact) mass is 368 g/mol. The summed E-state index contributed by atoms with van der Waals surface area (Å²) in [5.41, 5.74) is 1.54. The minimum absolute atomic E-state index is 0.162. The fraction of sp³-hybridized carbons (Fsp3) is 0.263. The van der Waals surface area contributed by atoms with Gasteiger partial charge in [-0.15, -0.1) is 0 Å². The Labute approximate surface area is 156 Å². The predicted molar refractivity (Wildman–Crippen MR) is 99.8 cm³/mol. The summed E-state index contributed by atoms with van der Waals surface area (Å²) in [7, 11) is 1.56. The number of methoxy groups -OCH3 is 1. The van der Waals surface area contributed by atoms with E-state index >= 15 is 0 Å². The number of benzene rings is 1. The fourth-order valence-electron chi connectivity index (χ4n) is 2.52. The molecule has 0 unspecified atom stereocenters. The van der Waals surface area contributed by atoms with Crippen LogP contribution in [0.15, 0.2) is 42.7 Å². The van der Waals surface area contributed by atoms with E-state index in [9.17, 15) is 9.59 Å². The second-order valence-electron chi connectivity index (χ2n) is 6.17. The van der Waals surface area contributed by atoms with E-state index in [1.54, 1.807) is 48.3 Å². The number of esters is 1. The summed E-state index contributed by atoms with van der Waals surface area (Å²) in [5.74, 6) is -0.370. The van der Waals surface area contributed by atoms with Crippen molar-refractivity contribution < 1.29 is 19.1 Å². The molecule has 0 saturated carbocycles. The van der Waals surface area contributed by atoms with Crippen LogP contribution in [0.4, 0.5) is 5.69 Å². The van der Waals surface area contributed by atoms with Gasteiger partial charge in [0.1, 0.15) is 5.75 Å². The van der Waals surface area contributed by atoms with Gasteiger partial charge in [-0.1, -0.05) is 0 Å². The number of amides is 1. The minimum Gasteiger partial charge on any atom is -0.497 e. The summed E-state index contributed by atoms with van der Waals surface area (Å²) < 4.78 is 11.9. The summed E-state index contributed by atoms with van der Waals surface area (Å²) >= 11 is 0. The predicted octanol–water partition coefficient (Wildman–Crippen LogP) is 2.82. The first-order chi connectivity index (χ1) is 13.0. The molecule has 0 atom stereocenters. The Morgan fingerprint density at radius 1 is 1.19 bits per heavy atom. The Morgan fingerprint density at radius 3 is 2.59 bits per heavy atom. The van der Waals surface area contributed by atoms with E-state index in [1.165, 1.54) is 6.20 Å². The molecular weight excluding hydrogens is 348 g/mol. The van der Waals surface area contributed by atoms with Crippen LogP contribution in [0.5, 0.6) is 5.75 Å². The van der Waals surface area contributed by atoms with Crippen LogP contribution in [0, 0.1) is 0 Å². The summed E-state index contributed by atoms with van der Waals surface area (Å²) in [4.78, 5) is 28.4. The molecule has 0 aliphatic rings. The van der Waals surface area contributed by atoms with Crippen molar-refractivity contribution in [1.29, 1.82) is 0 Å². The van der Waals surface area contributed by atoms with Crippen molar-refractivity contribution in [2.45, 2.75) is 19.9 Å². The molecule has 0 aliphatic heterocycles. The highest BCUT2D eigenvalue weighted by Crippen LogP contribution is 2.17. The number of carbonyl (C=O) groups is 2. The number of nitrogens with one attached hydrogen (secondary N) is 1. The number of hydrogen-bond acceptors (Lipinski definition) is 6. The topological polar surface area (TPSA) is 95.3 Å². The minimum atomic E-state index is -0.619. The van der Waals surface area contributed by atoms with Crippen molar-refractivity contribution in [3.63, 3.8) is 0 Å². The van der Waals surface area contributed by atoms with Gasteiger partial charge in [-0.05, 0) is 44.2 Å². The van der Waals surface area contributed by atoms with E-state index in [4.69, 9.17) is 9.47 Å². The van der Waals surface area contributed by atoms with Gasteiger partial charge in [0.05, 0.1) is 18.9 Å². The molecule has 2 heterocycles. The van der Waals surface area contributed by atoms with Gasteiger partial charge in [-0.3, -0.25) is 4.79 Å². The molecule has 27 heavy (non-hydrogen) atoms. The van der Waals surface area contributed by atoms with Gasteiger partial charge in [0.25, 0.3) is 5.91 Å². The molecule has 2 aromatic heterocycles. The van der Waals surface area contributed by atoms with Gasteiger partial charge in [-0.25, -0.2) is 14.5 Å². The van der Waals surface area contributed by atoms with E-state index in [0.29, 0.717) is 17.1 Å². The van der Waals surface area contributed by atoms with Crippen LogP contribution in [0.1, 0.15) is 30.2 Å². The molecule has 0 radical (unpaired) electrons. The van der Waals surface area contributed by atoms with Crippen molar-refractivity contribution in [2.75, 3.05) is 19.0 Å². The molecule has 0 bridgehead atoms. The van der Waals surface area contributed by atoms with Crippen LogP contribution < -0.4 is 10.1 Å². The summed E-state index contributed by atoms with van der Waals surface area (Å²) in [5, 5.41) is 7.64. The zero-order valence-corrected chi connectivity index (χ0v) is 15.3. The van der Waals surface area contributed by atoms with Gasteiger partial charge in [0.2, 0.25) is 0 Å². The van der Waals surface area contributed by atoms with E-state index < -0.39 is 18.5 Å². The molecule has 140 valence electrons. The highest BCUT2D eigenvalue weighted by atomic mass is 16.5. The van der Waals surface area contributed by atoms with E-state index in [0.717, 1.165) is 5.39 Å². The maximum absolute atomic E-state index is 12.2. The summed E-state index contributed by atoms with van der Waals surface area (Å²) in [6, 6.07) is 8.65. The van der Waals surface area contributed by atoms with Crippen LogP contribution >= 0.6 is 0 Å². The lowest BCUT2D eigenvalue weighted by atomic mass is 10.2. The van der Waals surface area contributed by atoms with E-state index in [2.05, 4.69) is 15.4 Å². The van der Waals surface area contributed by atoms with E-state index in [-0.39, 0.29) is 11.6 Å². The Balaban J connectivity index is 1.59. The number of rotatable bonds is 6. The number of ether oxygens (including phenoxy) is 2. The molecule has 0 fully saturated rings. The second kappa shape index (κ2) is 7.86. The Morgan fingerprint density at radius 2 is 1.93 bits per heavy atom. The standard InChI is InChI=1S/C19H20N4O4/c1-12(2)23-18-13(10-21-23)8-14(9-20-18)19(25)27-11-17(24)22-15-4-6-16(26-3)7-5-15/h4-10,12H,11H2,1-3H3,(H,22,24). The quantitative estimate of drug-likeness (QED) is 0.672. The molecule has 3 aromatic rings. The highest BCUT2D eigenvalue weighted by molar-refractivity contribution is 5.96. The van der Waals surface area contributed by atoms with Crippen molar-refractivity contribution in [3.8, 4) is 5.75 Å². The highest BCUT2D eigenvalue weighted by Gasteiger charge is 2.14. The normalized spacial score (nSPS) is 10.8. The molecule has 1 aromatic carbocycles. The molecule has 0 spiro atoms. The van der Waals surface area contributed by atoms with Gasteiger partial charge < -0.3 is 14.8 Å².